The lowest BCUT2D eigenvalue weighted by atomic mass is 10.0. The Kier molecular flexibility index (Phi) is 5.91. The second kappa shape index (κ2) is 8.34. The summed E-state index contributed by atoms with van der Waals surface area (Å²) >= 11 is 7.77. The van der Waals surface area contributed by atoms with Gasteiger partial charge in [0.2, 0.25) is 0 Å². The Bertz CT molecular complexity index is 829. The average molecular weight is 376 g/mol. The highest BCUT2D eigenvalue weighted by atomic mass is 35.5. The largest absolute Gasteiger partial charge is 0.451 e. The number of carbonyl (C=O) groups is 1. The van der Waals surface area contributed by atoms with E-state index in [0.29, 0.717) is 17.3 Å². The van der Waals surface area contributed by atoms with E-state index in [1.54, 1.807) is 29.5 Å². The molecular formula is C19H18ClNO3S. The first-order valence-electron chi connectivity index (χ1n) is 7.92. The van der Waals surface area contributed by atoms with Gasteiger partial charge in [-0.05, 0) is 53.1 Å². The maximum atomic E-state index is 12.3. The first-order chi connectivity index (χ1) is 12.2. The van der Waals surface area contributed by atoms with E-state index in [4.69, 9.17) is 16.0 Å². The Morgan fingerprint density at radius 1 is 1.24 bits per heavy atom. The van der Waals surface area contributed by atoms with Crippen molar-refractivity contribution in [3.8, 4) is 11.3 Å². The van der Waals surface area contributed by atoms with Gasteiger partial charge in [0.1, 0.15) is 5.76 Å². The summed E-state index contributed by atoms with van der Waals surface area (Å²) in [6.07, 6.45) is 0.726. The Morgan fingerprint density at radius 2 is 2.08 bits per heavy atom. The molecule has 25 heavy (non-hydrogen) atoms. The monoisotopic (exact) mass is 375 g/mol. The smallest absolute Gasteiger partial charge is 0.287 e. The van der Waals surface area contributed by atoms with Crippen molar-refractivity contribution in [1.29, 1.82) is 0 Å². The number of halogens is 1. The number of rotatable bonds is 7. The summed E-state index contributed by atoms with van der Waals surface area (Å²) in [6, 6.07) is 12.7. The van der Waals surface area contributed by atoms with Crippen LogP contribution in [0.25, 0.3) is 11.3 Å². The van der Waals surface area contributed by atoms with Gasteiger partial charge in [0.05, 0.1) is 5.02 Å². The lowest BCUT2D eigenvalue weighted by Gasteiger charge is -2.13. The van der Waals surface area contributed by atoms with Crippen molar-refractivity contribution in [1.82, 2.24) is 5.32 Å². The van der Waals surface area contributed by atoms with E-state index >= 15 is 0 Å². The summed E-state index contributed by atoms with van der Waals surface area (Å²) in [4.78, 5) is 12.3. The molecule has 1 aromatic carbocycles. The van der Waals surface area contributed by atoms with Gasteiger partial charge in [0.25, 0.3) is 5.91 Å². The first kappa shape index (κ1) is 17.7. The minimum atomic E-state index is -0.304. The number of hydrogen-bond donors (Lipinski definition) is 2. The zero-order valence-corrected chi connectivity index (χ0v) is 15.0. The average Bonchev–Trinajstić information content (AvgIpc) is 3.30. The molecule has 0 bridgehead atoms. The zero-order valence-electron chi connectivity index (χ0n) is 13.4. The third-order valence-corrected chi connectivity index (χ3v) is 4.94. The van der Waals surface area contributed by atoms with Crippen molar-refractivity contribution >= 4 is 28.8 Å². The summed E-state index contributed by atoms with van der Waals surface area (Å²) in [5.74, 6) is 0.438. The van der Waals surface area contributed by atoms with Gasteiger partial charge >= 0.3 is 0 Å². The molecule has 0 saturated carbocycles. The Labute approximate surface area is 155 Å². The second-order valence-corrected chi connectivity index (χ2v) is 6.93. The highest BCUT2D eigenvalue weighted by molar-refractivity contribution is 7.07. The van der Waals surface area contributed by atoms with E-state index < -0.39 is 0 Å². The minimum absolute atomic E-state index is 0.0131. The maximum Gasteiger partial charge on any atom is 0.287 e. The molecule has 0 aliphatic heterocycles. The van der Waals surface area contributed by atoms with Crippen LogP contribution in [0.3, 0.4) is 0 Å². The van der Waals surface area contributed by atoms with Gasteiger partial charge in [-0.25, -0.2) is 0 Å². The summed E-state index contributed by atoms with van der Waals surface area (Å²) in [5.41, 5.74) is 1.91. The number of hydrogen-bond acceptors (Lipinski definition) is 4. The van der Waals surface area contributed by atoms with E-state index in [2.05, 4.69) is 5.32 Å². The molecule has 6 heteroatoms. The highest BCUT2D eigenvalue weighted by Crippen LogP contribution is 2.29. The van der Waals surface area contributed by atoms with E-state index in [9.17, 15) is 9.90 Å². The second-order valence-electron chi connectivity index (χ2n) is 5.74. The molecule has 1 unspecified atom stereocenters. The molecule has 0 spiro atoms. The molecule has 0 aliphatic rings. The number of aliphatic hydroxyl groups excluding tert-OH is 1. The van der Waals surface area contributed by atoms with Crippen LogP contribution in [-0.2, 0) is 6.42 Å². The number of carbonyl (C=O) groups excluding carboxylic acids is 1. The van der Waals surface area contributed by atoms with Crippen LogP contribution in [-0.4, -0.2) is 24.2 Å². The molecule has 0 saturated heterocycles. The van der Waals surface area contributed by atoms with Crippen molar-refractivity contribution < 1.29 is 14.3 Å². The lowest BCUT2D eigenvalue weighted by Crippen LogP contribution is -2.31. The van der Waals surface area contributed by atoms with Gasteiger partial charge in [-0.1, -0.05) is 23.7 Å². The molecule has 4 nitrogen and oxygen atoms in total. The number of amides is 1. The van der Waals surface area contributed by atoms with Crippen LogP contribution in [0.1, 0.15) is 16.1 Å². The van der Waals surface area contributed by atoms with Crippen LogP contribution in [0, 0.1) is 5.92 Å². The van der Waals surface area contributed by atoms with Crippen LogP contribution >= 0.6 is 22.9 Å². The Hall–Kier alpha value is -2.08. The van der Waals surface area contributed by atoms with Gasteiger partial charge in [0.15, 0.2) is 5.76 Å². The quantitative estimate of drug-likeness (QED) is 0.649. The van der Waals surface area contributed by atoms with Crippen molar-refractivity contribution in [2.75, 3.05) is 13.2 Å². The Morgan fingerprint density at radius 3 is 2.80 bits per heavy atom. The molecule has 1 atom stereocenters. The van der Waals surface area contributed by atoms with Gasteiger partial charge < -0.3 is 14.8 Å². The Balaban J connectivity index is 1.61. The summed E-state index contributed by atoms with van der Waals surface area (Å²) in [5, 5.41) is 16.9. The summed E-state index contributed by atoms with van der Waals surface area (Å²) in [7, 11) is 0. The van der Waals surface area contributed by atoms with Gasteiger partial charge in [-0.15, -0.1) is 0 Å². The van der Waals surface area contributed by atoms with Crippen molar-refractivity contribution in [3.63, 3.8) is 0 Å². The topological polar surface area (TPSA) is 62.5 Å². The number of aliphatic hydroxyl groups is 1. The van der Waals surface area contributed by atoms with Crippen LogP contribution in [0.15, 0.2) is 57.6 Å². The molecule has 3 aromatic rings. The predicted octanol–water partition coefficient (Wildman–Crippen LogP) is 4.24. The van der Waals surface area contributed by atoms with Crippen LogP contribution in [0.5, 0.6) is 0 Å². The fourth-order valence-electron chi connectivity index (χ4n) is 2.53. The normalized spacial score (nSPS) is 12.1. The first-order valence-corrected chi connectivity index (χ1v) is 9.24. The molecule has 2 heterocycles. The van der Waals surface area contributed by atoms with Crippen molar-refractivity contribution in [2.45, 2.75) is 6.42 Å². The minimum Gasteiger partial charge on any atom is -0.451 e. The maximum absolute atomic E-state index is 12.3. The predicted molar refractivity (Wildman–Crippen MR) is 100 cm³/mol. The van der Waals surface area contributed by atoms with Crippen LogP contribution < -0.4 is 5.32 Å². The summed E-state index contributed by atoms with van der Waals surface area (Å²) in [6.45, 7) is 0.395. The number of nitrogens with one attached hydrogen (secondary N) is 1. The molecule has 130 valence electrons. The third-order valence-electron chi connectivity index (χ3n) is 3.88. The third kappa shape index (κ3) is 4.51. The van der Waals surface area contributed by atoms with E-state index in [0.717, 1.165) is 17.5 Å². The summed E-state index contributed by atoms with van der Waals surface area (Å²) < 4.78 is 5.63. The zero-order chi connectivity index (χ0) is 17.6. The fraction of sp³-hybridized carbons (Fsp3) is 0.211. The molecule has 1 amide bonds. The number of benzene rings is 1. The molecule has 0 aliphatic carbocycles. The van der Waals surface area contributed by atoms with Gasteiger partial charge in [-0.2, -0.15) is 11.3 Å². The van der Waals surface area contributed by atoms with Crippen LogP contribution in [0.2, 0.25) is 5.02 Å². The molecular weight excluding hydrogens is 358 g/mol. The van der Waals surface area contributed by atoms with Gasteiger partial charge in [-0.3, -0.25) is 4.79 Å². The van der Waals surface area contributed by atoms with E-state index in [1.165, 1.54) is 0 Å². The number of furan rings is 1. The molecule has 0 radical (unpaired) electrons. The molecule has 2 aromatic heterocycles. The number of thiophene rings is 1. The lowest BCUT2D eigenvalue weighted by molar-refractivity contribution is 0.0913. The standard InChI is InChI=1S/C19H18ClNO3S/c20-16-4-2-1-3-15(16)17-5-6-18(24-17)19(23)21-10-14(11-22)9-13-7-8-25-12-13/h1-8,12,14,22H,9-11H2,(H,21,23). The fourth-order valence-corrected chi connectivity index (χ4v) is 3.44. The van der Waals surface area contributed by atoms with Gasteiger partial charge in [0, 0.05) is 24.6 Å². The molecule has 2 N–H and O–H groups in total. The van der Waals surface area contributed by atoms with E-state index in [-0.39, 0.29) is 24.2 Å². The highest BCUT2D eigenvalue weighted by Gasteiger charge is 2.16. The van der Waals surface area contributed by atoms with E-state index in [1.807, 2.05) is 35.0 Å². The molecule has 3 rings (SSSR count). The SMILES string of the molecule is O=C(NCC(CO)Cc1ccsc1)c1ccc(-c2ccccc2Cl)o1. The van der Waals surface area contributed by atoms with Crippen LogP contribution in [0.4, 0.5) is 0 Å². The van der Waals surface area contributed by atoms with Crippen molar-refractivity contribution in [2.24, 2.45) is 5.92 Å². The van der Waals surface area contributed by atoms with Crippen molar-refractivity contribution in [3.05, 3.63) is 69.6 Å². The molecule has 0 fully saturated rings.